The lowest BCUT2D eigenvalue weighted by Crippen LogP contribution is -2.21. The van der Waals surface area contributed by atoms with Crippen molar-refractivity contribution in [3.05, 3.63) is 21.2 Å². The van der Waals surface area contributed by atoms with Gasteiger partial charge in [0.25, 0.3) is 0 Å². The fourth-order valence-electron chi connectivity index (χ4n) is 1.79. The first-order chi connectivity index (χ1) is 7.20. The molecule has 2 heterocycles. The second kappa shape index (κ2) is 5.02. The lowest BCUT2D eigenvalue weighted by Gasteiger charge is -2.18. The molecule has 1 saturated heterocycles. The van der Waals surface area contributed by atoms with Crippen LogP contribution in [0.4, 0.5) is 5.82 Å². The second-order valence-corrected chi connectivity index (χ2v) is 5.79. The van der Waals surface area contributed by atoms with Gasteiger partial charge in [0.1, 0.15) is 5.82 Å². The molecule has 0 N–H and O–H groups in total. The van der Waals surface area contributed by atoms with Crippen molar-refractivity contribution >= 4 is 49.3 Å². The highest BCUT2D eigenvalue weighted by molar-refractivity contribution is 9.11. The van der Waals surface area contributed by atoms with Crippen molar-refractivity contribution in [2.75, 3.05) is 23.9 Å². The Kier molecular flexibility index (Phi) is 3.91. The van der Waals surface area contributed by atoms with E-state index in [1.165, 1.54) is 0 Å². The van der Waals surface area contributed by atoms with Gasteiger partial charge in [0, 0.05) is 29.6 Å². The summed E-state index contributed by atoms with van der Waals surface area (Å²) >= 11 is 12.8. The SMILES string of the molecule is ClCC1CCN(c2ncc(Br)cc2Br)C1. The molecular weight excluding hydrogens is 343 g/mol. The molecule has 0 aliphatic carbocycles. The van der Waals surface area contributed by atoms with E-state index < -0.39 is 0 Å². The molecule has 0 aromatic carbocycles. The molecule has 0 saturated carbocycles. The summed E-state index contributed by atoms with van der Waals surface area (Å²) in [5.74, 6) is 2.36. The van der Waals surface area contributed by atoms with E-state index in [4.69, 9.17) is 11.6 Å². The molecule has 1 fully saturated rings. The maximum absolute atomic E-state index is 5.86. The molecule has 1 aliphatic heterocycles. The van der Waals surface area contributed by atoms with Gasteiger partial charge in [-0.1, -0.05) is 0 Å². The lowest BCUT2D eigenvalue weighted by atomic mass is 10.2. The molecular formula is C10H11Br2ClN2. The number of halogens is 3. The van der Waals surface area contributed by atoms with Gasteiger partial charge in [-0.05, 0) is 50.3 Å². The fraction of sp³-hybridized carbons (Fsp3) is 0.500. The van der Waals surface area contributed by atoms with Gasteiger partial charge in [-0.15, -0.1) is 11.6 Å². The van der Waals surface area contributed by atoms with Crippen LogP contribution < -0.4 is 4.90 Å². The van der Waals surface area contributed by atoms with Crippen LogP contribution in [0.2, 0.25) is 0 Å². The van der Waals surface area contributed by atoms with Crippen molar-refractivity contribution in [3.63, 3.8) is 0 Å². The monoisotopic (exact) mass is 352 g/mol. The van der Waals surface area contributed by atoms with E-state index in [0.29, 0.717) is 5.92 Å². The van der Waals surface area contributed by atoms with Gasteiger partial charge in [0.15, 0.2) is 0 Å². The highest BCUT2D eigenvalue weighted by Gasteiger charge is 2.23. The van der Waals surface area contributed by atoms with Gasteiger partial charge in [0.05, 0.1) is 4.47 Å². The molecule has 0 amide bonds. The van der Waals surface area contributed by atoms with Crippen LogP contribution in [0.15, 0.2) is 21.2 Å². The van der Waals surface area contributed by atoms with Crippen LogP contribution >= 0.6 is 43.5 Å². The summed E-state index contributed by atoms with van der Waals surface area (Å²) in [7, 11) is 0. The number of anilines is 1. The molecule has 2 rings (SSSR count). The number of hydrogen-bond acceptors (Lipinski definition) is 2. The molecule has 1 aromatic heterocycles. The molecule has 1 unspecified atom stereocenters. The largest absolute Gasteiger partial charge is 0.355 e. The third-order valence-electron chi connectivity index (χ3n) is 2.59. The highest BCUT2D eigenvalue weighted by Crippen LogP contribution is 2.30. The maximum Gasteiger partial charge on any atom is 0.142 e. The number of hydrogen-bond donors (Lipinski definition) is 0. The van der Waals surface area contributed by atoms with Crippen molar-refractivity contribution < 1.29 is 0 Å². The molecule has 0 bridgehead atoms. The van der Waals surface area contributed by atoms with Crippen LogP contribution in [-0.4, -0.2) is 24.0 Å². The van der Waals surface area contributed by atoms with Crippen molar-refractivity contribution in [2.24, 2.45) is 5.92 Å². The summed E-state index contributed by atoms with van der Waals surface area (Å²) < 4.78 is 2.03. The Morgan fingerprint density at radius 3 is 2.93 bits per heavy atom. The van der Waals surface area contributed by atoms with Crippen molar-refractivity contribution in [3.8, 4) is 0 Å². The van der Waals surface area contributed by atoms with E-state index in [9.17, 15) is 0 Å². The first-order valence-corrected chi connectivity index (χ1v) is 6.94. The molecule has 0 spiro atoms. The van der Waals surface area contributed by atoms with Gasteiger partial charge in [0.2, 0.25) is 0 Å². The minimum Gasteiger partial charge on any atom is -0.355 e. The zero-order valence-corrected chi connectivity index (χ0v) is 12.0. The molecule has 2 nitrogen and oxygen atoms in total. The Morgan fingerprint density at radius 2 is 2.33 bits per heavy atom. The van der Waals surface area contributed by atoms with Crippen molar-refractivity contribution in [1.82, 2.24) is 4.98 Å². The Labute approximate surface area is 111 Å². The molecule has 0 radical (unpaired) electrons. The van der Waals surface area contributed by atoms with Crippen LogP contribution in [0.5, 0.6) is 0 Å². The summed E-state index contributed by atoms with van der Waals surface area (Å²) in [6, 6.07) is 2.02. The Hall–Kier alpha value is 0.200. The van der Waals surface area contributed by atoms with E-state index in [1.807, 2.05) is 12.3 Å². The van der Waals surface area contributed by atoms with E-state index in [2.05, 4.69) is 41.7 Å². The van der Waals surface area contributed by atoms with E-state index in [1.54, 1.807) is 0 Å². The van der Waals surface area contributed by atoms with E-state index in [0.717, 1.165) is 40.2 Å². The second-order valence-electron chi connectivity index (χ2n) is 3.71. The first-order valence-electron chi connectivity index (χ1n) is 4.82. The van der Waals surface area contributed by atoms with Crippen LogP contribution in [0.25, 0.3) is 0 Å². The van der Waals surface area contributed by atoms with Gasteiger partial charge in [-0.2, -0.15) is 0 Å². The maximum atomic E-state index is 5.86. The summed E-state index contributed by atoms with van der Waals surface area (Å²) in [6.07, 6.45) is 2.99. The molecule has 1 atom stereocenters. The zero-order chi connectivity index (χ0) is 10.8. The van der Waals surface area contributed by atoms with Gasteiger partial charge >= 0.3 is 0 Å². The summed E-state index contributed by atoms with van der Waals surface area (Å²) in [6.45, 7) is 2.06. The predicted octanol–water partition coefficient (Wildman–Crippen LogP) is 3.67. The normalized spacial score (nSPS) is 21.0. The Balaban J connectivity index is 2.17. The number of alkyl halides is 1. The summed E-state index contributed by atoms with van der Waals surface area (Å²) in [5, 5.41) is 0. The summed E-state index contributed by atoms with van der Waals surface area (Å²) in [5.41, 5.74) is 0. The predicted molar refractivity (Wildman–Crippen MR) is 70.7 cm³/mol. The van der Waals surface area contributed by atoms with Crippen LogP contribution in [-0.2, 0) is 0 Å². The average molecular weight is 354 g/mol. The fourth-order valence-corrected chi connectivity index (χ4v) is 3.28. The van der Waals surface area contributed by atoms with Crippen LogP contribution in [0.3, 0.4) is 0 Å². The molecule has 1 aromatic rings. The summed E-state index contributed by atoms with van der Waals surface area (Å²) in [4.78, 5) is 6.70. The number of nitrogens with zero attached hydrogens (tertiary/aromatic N) is 2. The molecule has 15 heavy (non-hydrogen) atoms. The third-order valence-corrected chi connectivity index (χ3v) is 4.05. The number of aromatic nitrogens is 1. The topological polar surface area (TPSA) is 16.1 Å². The third kappa shape index (κ3) is 2.66. The Bertz CT molecular complexity index is 359. The van der Waals surface area contributed by atoms with Gasteiger partial charge < -0.3 is 4.90 Å². The minimum atomic E-state index is 0.601. The smallest absolute Gasteiger partial charge is 0.142 e. The molecule has 1 aliphatic rings. The van der Waals surface area contributed by atoms with E-state index >= 15 is 0 Å². The van der Waals surface area contributed by atoms with Crippen LogP contribution in [0, 0.1) is 5.92 Å². The van der Waals surface area contributed by atoms with Crippen molar-refractivity contribution in [1.29, 1.82) is 0 Å². The van der Waals surface area contributed by atoms with Crippen LogP contribution in [0.1, 0.15) is 6.42 Å². The Morgan fingerprint density at radius 1 is 1.53 bits per heavy atom. The average Bonchev–Trinajstić information content (AvgIpc) is 2.66. The first kappa shape index (κ1) is 11.7. The minimum absolute atomic E-state index is 0.601. The lowest BCUT2D eigenvalue weighted by molar-refractivity contribution is 0.666. The van der Waals surface area contributed by atoms with Gasteiger partial charge in [-0.25, -0.2) is 4.98 Å². The number of rotatable bonds is 2. The van der Waals surface area contributed by atoms with Crippen molar-refractivity contribution in [2.45, 2.75) is 6.42 Å². The number of pyridine rings is 1. The molecule has 82 valence electrons. The highest BCUT2D eigenvalue weighted by atomic mass is 79.9. The zero-order valence-electron chi connectivity index (χ0n) is 8.09. The quantitative estimate of drug-likeness (QED) is 0.754. The van der Waals surface area contributed by atoms with E-state index in [-0.39, 0.29) is 0 Å². The molecule has 5 heteroatoms. The van der Waals surface area contributed by atoms with Gasteiger partial charge in [-0.3, -0.25) is 0 Å². The standard InChI is InChI=1S/C10H11Br2ClN2/c11-8-3-9(12)10(14-5-8)15-2-1-7(4-13)6-15/h3,5,7H,1-2,4,6H2.